The minimum Gasteiger partial charge on any atom is -0.507 e. The van der Waals surface area contributed by atoms with Crippen molar-refractivity contribution in [1.29, 1.82) is 0 Å². The van der Waals surface area contributed by atoms with E-state index in [2.05, 4.69) is 35.9 Å². The Balaban J connectivity index is 1.25. The van der Waals surface area contributed by atoms with Crippen LogP contribution in [0.15, 0.2) is 24.4 Å². The number of alkyl halides is 1. The van der Waals surface area contributed by atoms with Crippen LogP contribution in [0.3, 0.4) is 0 Å². The van der Waals surface area contributed by atoms with Gasteiger partial charge in [-0.1, -0.05) is 6.07 Å². The first kappa shape index (κ1) is 18.2. The second-order valence-electron chi connectivity index (χ2n) is 9.77. The highest BCUT2D eigenvalue weighted by molar-refractivity contribution is 5.71. The fourth-order valence-corrected chi connectivity index (χ4v) is 5.47. The number of aromatic hydroxyl groups is 1. The summed E-state index contributed by atoms with van der Waals surface area (Å²) < 4.78 is 37.9. The number of hydrogen-bond donors (Lipinski definition) is 2. The Hall–Kier alpha value is -3.21. The number of aryl methyl sites for hydroxylation is 1. The molecule has 1 aliphatic carbocycles. The highest BCUT2D eigenvalue weighted by atomic mass is 19.1. The molecule has 2 N–H and O–H groups in total. The molecule has 1 saturated carbocycles. The minimum absolute atomic E-state index is 0.0684. The van der Waals surface area contributed by atoms with Crippen LogP contribution in [0.2, 0.25) is 0 Å². The molecule has 1 aromatic carbocycles. The van der Waals surface area contributed by atoms with Crippen molar-refractivity contribution in [3.8, 4) is 28.4 Å². The summed E-state index contributed by atoms with van der Waals surface area (Å²) >= 11 is 0. The van der Waals surface area contributed by atoms with Gasteiger partial charge in [-0.25, -0.2) is 9.37 Å². The summed E-state index contributed by atoms with van der Waals surface area (Å²) in [6.07, 6.45) is 6.06. The molecule has 0 unspecified atom stereocenters. The predicted octanol–water partition coefficient (Wildman–Crippen LogP) is 2.41. The lowest BCUT2D eigenvalue weighted by Gasteiger charge is -2.52. The molecule has 4 atom stereocenters. The lowest BCUT2D eigenvalue weighted by molar-refractivity contribution is 0.0383. The fraction of sp³-hybridized carbons (Fsp3) is 0.565. The number of tetrazole rings is 1. The molecule has 2 aliphatic heterocycles. The Labute approximate surface area is 200 Å². The molecule has 4 heterocycles. The van der Waals surface area contributed by atoms with Gasteiger partial charge in [0.2, 0.25) is 11.8 Å². The molecule has 178 valence electrons. The lowest BCUT2D eigenvalue weighted by atomic mass is 9.73. The number of nitrogens with one attached hydrogen (secondary N) is 1. The number of anilines is 1. The van der Waals surface area contributed by atoms with Crippen LogP contribution in [-0.2, 0) is 6.98 Å². The normalized spacial score (nSPS) is 30.3. The Bertz CT molecular complexity index is 1300. The molecule has 6 rings (SSSR count). The minimum atomic E-state index is -2.54. The highest BCUT2D eigenvalue weighted by Crippen LogP contribution is 2.42. The van der Waals surface area contributed by atoms with Crippen LogP contribution >= 0.6 is 0 Å². The lowest BCUT2D eigenvalue weighted by Crippen LogP contribution is -2.69. The second-order valence-corrected chi connectivity index (χ2v) is 9.77. The Morgan fingerprint density at radius 2 is 2.15 bits per heavy atom. The topological polar surface area (TPSA) is 118 Å². The van der Waals surface area contributed by atoms with E-state index in [9.17, 15) is 5.11 Å². The third kappa shape index (κ3) is 3.67. The molecule has 2 saturated heterocycles. The predicted molar refractivity (Wildman–Crippen MR) is 123 cm³/mol. The molecule has 11 heteroatoms. The first-order valence-electron chi connectivity index (χ1n) is 13.2. The Kier molecular flexibility index (Phi) is 4.24. The molecule has 3 fully saturated rings. The van der Waals surface area contributed by atoms with Gasteiger partial charge < -0.3 is 15.3 Å². The number of benzene rings is 1. The van der Waals surface area contributed by atoms with Crippen molar-refractivity contribution in [3.05, 3.63) is 24.4 Å². The third-order valence-electron chi connectivity index (χ3n) is 7.28. The number of piperidine rings is 2. The highest BCUT2D eigenvalue weighted by Gasteiger charge is 2.52. The molecular formula is C23H28FN9O. The van der Waals surface area contributed by atoms with E-state index in [1.807, 2.05) is 11.8 Å². The summed E-state index contributed by atoms with van der Waals surface area (Å²) in [5.74, 6) is 0.358. The van der Waals surface area contributed by atoms with Crippen molar-refractivity contribution in [2.45, 2.75) is 75.3 Å². The molecule has 34 heavy (non-hydrogen) atoms. The van der Waals surface area contributed by atoms with Crippen LogP contribution in [0.25, 0.3) is 22.6 Å². The van der Waals surface area contributed by atoms with E-state index in [4.69, 9.17) is 4.11 Å². The molecule has 0 amide bonds. The zero-order chi connectivity index (χ0) is 25.9. The SMILES string of the molecule is [2H]C([2H])([2H])n1nnc(-c2ccc(-c3cnc(N(C4CC4)[C@@H]4C[C@@H]5CCC[C@](C)(N5)[C@@H]4F)nn3)c(O)c2)n1. The van der Waals surface area contributed by atoms with Crippen LogP contribution in [-0.4, -0.2) is 70.3 Å². The zero-order valence-corrected chi connectivity index (χ0v) is 18.8. The standard InChI is InChI=1S/C23H28FN9O/c1-23-9-3-4-14(26-23)11-18(20(23)24)33(15-6-7-15)22-25-12-17(27-29-22)16-8-5-13(10-19(16)34)21-28-31-32(2)30-21/h5,8,10,12,14-15,18,20,26,34H,3-4,6-7,9,11H2,1-2H3/t14-,18+,20+,23-/m0/s1/i2D3. The Morgan fingerprint density at radius 3 is 2.85 bits per heavy atom. The molecular weight excluding hydrogens is 437 g/mol. The summed E-state index contributed by atoms with van der Waals surface area (Å²) in [6.45, 7) is -0.563. The maximum absolute atomic E-state index is 15.8. The van der Waals surface area contributed by atoms with Gasteiger partial charge in [0.15, 0.2) is 0 Å². The van der Waals surface area contributed by atoms with Crippen LogP contribution in [0.5, 0.6) is 5.75 Å². The number of phenolic OH excluding ortho intramolecular Hbond substituents is 1. The average molecular weight is 469 g/mol. The van der Waals surface area contributed by atoms with Crippen molar-refractivity contribution < 1.29 is 13.6 Å². The van der Waals surface area contributed by atoms with Gasteiger partial charge in [-0.2, -0.15) is 4.80 Å². The van der Waals surface area contributed by atoms with E-state index in [1.54, 1.807) is 12.1 Å². The summed E-state index contributed by atoms with van der Waals surface area (Å²) in [6, 6.07) is 4.84. The number of halogens is 1. The third-order valence-corrected chi connectivity index (χ3v) is 7.28. The maximum atomic E-state index is 15.8. The van der Waals surface area contributed by atoms with E-state index >= 15 is 4.39 Å². The van der Waals surface area contributed by atoms with Crippen molar-refractivity contribution in [2.24, 2.45) is 6.98 Å². The molecule has 10 nitrogen and oxygen atoms in total. The fourth-order valence-electron chi connectivity index (χ4n) is 5.47. The monoisotopic (exact) mass is 468 g/mol. The van der Waals surface area contributed by atoms with E-state index in [1.165, 1.54) is 12.3 Å². The molecule has 3 aromatic rings. The quantitative estimate of drug-likeness (QED) is 0.582. The summed E-state index contributed by atoms with van der Waals surface area (Å²) in [7, 11) is 0. The largest absolute Gasteiger partial charge is 0.507 e. The first-order chi connectivity index (χ1) is 17.6. The number of phenols is 1. The van der Waals surface area contributed by atoms with Crippen molar-refractivity contribution >= 4 is 5.95 Å². The van der Waals surface area contributed by atoms with E-state index in [0.29, 0.717) is 34.0 Å². The molecule has 3 aliphatic rings. The van der Waals surface area contributed by atoms with E-state index in [0.717, 1.165) is 32.1 Å². The Morgan fingerprint density at radius 1 is 1.26 bits per heavy atom. The van der Waals surface area contributed by atoms with Gasteiger partial charge in [0, 0.05) is 32.9 Å². The number of fused-ring (bicyclic) bond motifs is 2. The van der Waals surface area contributed by atoms with Gasteiger partial charge >= 0.3 is 0 Å². The first-order valence-corrected chi connectivity index (χ1v) is 11.7. The van der Waals surface area contributed by atoms with Crippen LogP contribution < -0.4 is 10.2 Å². The van der Waals surface area contributed by atoms with Gasteiger partial charge in [0.1, 0.15) is 17.6 Å². The van der Waals surface area contributed by atoms with E-state index < -0.39 is 18.7 Å². The molecule has 0 spiro atoms. The van der Waals surface area contributed by atoms with Gasteiger partial charge in [-0.05, 0) is 62.8 Å². The van der Waals surface area contributed by atoms with Crippen molar-refractivity contribution in [1.82, 2.24) is 40.7 Å². The summed E-state index contributed by atoms with van der Waals surface area (Å²) in [4.78, 5) is 7.12. The molecule has 0 radical (unpaired) electrons. The van der Waals surface area contributed by atoms with Gasteiger partial charge in [-0.15, -0.1) is 20.4 Å². The average Bonchev–Trinajstić information content (AvgIpc) is 3.55. The van der Waals surface area contributed by atoms with Crippen molar-refractivity contribution in [3.63, 3.8) is 0 Å². The number of nitrogens with zero attached hydrogens (tertiary/aromatic N) is 8. The summed E-state index contributed by atoms with van der Waals surface area (Å²) in [5, 5.41) is 34.0. The van der Waals surface area contributed by atoms with Gasteiger partial charge in [-0.3, -0.25) is 0 Å². The number of aromatic nitrogens is 7. The number of hydrogen-bond acceptors (Lipinski definition) is 9. The summed E-state index contributed by atoms with van der Waals surface area (Å²) in [5.41, 5.74) is 0.606. The van der Waals surface area contributed by atoms with Gasteiger partial charge in [0.05, 0.1) is 19.2 Å². The van der Waals surface area contributed by atoms with Crippen LogP contribution in [0, 0.1) is 0 Å². The van der Waals surface area contributed by atoms with Crippen LogP contribution in [0.1, 0.15) is 49.6 Å². The van der Waals surface area contributed by atoms with Crippen molar-refractivity contribution in [2.75, 3.05) is 4.90 Å². The van der Waals surface area contributed by atoms with E-state index in [-0.39, 0.29) is 29.7 Å². The van der Waals surface area contributed by atoms with Gasteiger partial charge in [0.25, 0.3) is 0 Å². The second kappa shape index (κ2) is 7.93. The maximum Gasteiger partial charge on any atom is 0.245 e. The molecule has 2 bridgehead atoms. The molecule has 2 aromatic heterocycles. The smallest absolute Gasteiger partial charge is 0.245 e. The van der Waals surface area contributed by atoms with Crippen LogP contribution in [0.4, 0.5) is 10.3 Å². The zero-order valence-electron chi connectivity index (χ0n) is 21.8. The number of rotatable bonds is 5.